The fourth-order valence-corrected chi connectivity index (χ4v) is 0. The van der Waals surface area contributed by atoms with Crippen molar-refractivity contribution in [2.24, 2.45) is 0 Å². The molecule has 0 fully saturated rings. The molecule has 0 bridgehead atoms. The van der Waals surface area contributed by atoms with Gasteiger partial charge in [-0.2, -0.15) is 13.2 Å². The molecule has 10 heavy (non-hydrogen) atoms. The van der Waals surface area contributed by atoms with Crippen molar-refractivity contribution in [1.82, 2.24) is 0 Å². The van der Waals surface area contributed by atoms with Crippen LogP contribution >= 0.6 is 11.6 Å². The molecule has 0 spiro atoms. The van der Waals surface area contributed by atoms with Crippen molar-refractivity contribution in [3.63, 3.8) is 0 Å². The molecular weight excluding hydrogens is 165 g/mol. The van der Waals surface area contributed by atoms with E-state index in [2.05, 4.69) is 11.6 Å². The fraction of sp³-hybridized carbons (Fsp3) is 0.333. The lowest BCUT2D eigenvalue weighted by Crippen LogP contribution is -1.44. The van der Waals surface area contributed by atoms with Crippen LogP contribution in [-0.4, -0.2) is 0 Å². The van der Waals surface area contributed by atoms with Gasteiger partial charge in [0.1, 0.15) is 0 Å². The first-order chi connectivity index (χ1) is 4.54. The SMILES string of the molecule is CC=C(F)Cl.CC=C(F)F. The normalized spacial score (nSPS) is 9.60. The van der Waals surface area contributed by atoms with Crippen LogP contribution in [0.4, 0.5) is 13.2 Å². The Morgan fingerprint density at radius 1 is 1.10 bits per heavy atom. The molecule has 0 aromatic heterocycles. The van der Waals surface area contributed by atoms with Gasteiger partial charge in [-0.3, -0.25) is 0 Å². The lowest BCUT2D eigenvalue weighted by Gasteiger charge is -1.64. The Labute approximate surface area is 63.0 Å². The lowest BCUT2D eigenvalue weighted by molar-refractivity contribution is 0.420. The van der Waals surface area contributed by atoms with Crippen molar-refractivity contribution in [2.75, 3.05) is 0 Å². The molecule has 0 aromatic carbocycles. The van der Waals surface area contributed by atoms with Gasteiger partial charge in [-0.1, -0.05) is 11.6 Å². The largest absolute Gasteiger partial charge is 0.266 e. The topological polar surface area (TPSA) is 0 Å². The van der Waals surface area contributed by atoms with Crippen molar-refractivity contribution in [3.05, 3.63) is 23.5 Å². The summed E-state index contributed by atoms with van der Waals surface area (Å²) in [5.74, 6) is 0. The van der Waals surface area contributed by atoms with Crippen molar-refractivity contribution in [2.45, 2.75) is 13.8 Å². The first-order valence-corrected chi connectivity index (χ1v) is 2.87. The molecule has 0 saturated carbocycles. The molecule has 0 rings (SSSR count). The minimum atomic E-state index is -1.62. The number of allylic oxidation sites excluding steroid dienone is 2. The maximum absolute atomic E-state index is 11.1. The van der Waals surface area contributed by atoms with Crippen molar-refractivity contribution >= 4 is 11.6 Å². The van der Waals surface area contributed by atoms with E-state index in [0.717, 1.165) is 6.08 Å². The van der Waals surface area contributed by atoms with Crippen LogP contribution in [0.15, 0.2) is 23.5 Å². The summed E-state index contributed by atoms with van der Waals surface area (Å²) in [4.78, 5) is 0. The molecule has 4 heteroatoms. The van der Waals surface area contributed by atoms with Gasteiger partial charge >= 0.3 is 0 Å². The van der Waals surface area contributed by atoms with Gasteiger partial charge in [-0.25, -0.2) is 0 Å². The van der Waals surface area contributed by atoms with Crippen LogP contribution < -0.4 is 0 Å². The van der Waals surface area contributed by atoms with Gasteiger partial charge in [0.05, 0.1) is 0 Å². The molecule has 0 aliphatic rings. The number of hydrogen-bond donors (Lipinski definition) is 0. The zero-order valence-corrected chi connectivity index (χ0v) is 6.42. The van der Waals surface area contributed by atoms with Crippen molar-refractivity contribution in [1.29, 1.82) is 0 Å². The standard InChI is InChI=1S/C3H4ClF.C3H4F2/c2*1-2-3(4)5/h2*2H,1H3. The average Bonchev–Trinajstić information content (AvgIpc) is 1.89. The molecule has 0 N–H and O–H groups in total. The van der Waals surface area contributed by atoms with Gasteiger partial charge in [0, 0.05) is 0 Å². The van der Waals surface area contributed by atoms with Crippen LogP contribution in [0.5, 0.6) is 0 Å². The Morgan fingerprint density at radius 2 is 1.30 bits per heavy atom. The number of hydrogen-bond acceptors (Lipinski definition) is 0. The average molecular weight is 173 g/mol. The Kier molecular flexibility index (Phi) is 10.5. The van der Waals surface area contributed by atoms with Crippen LogP contribution in [0, 0.1) is 0 Å². The minimum absolute atomic E-state index is 0.648. The van der Waals surface area contributed by atoms with E-state index in [1.54, 1.807) is 0 Å². The van der Waals surface area contributed by atoms with Crippen LogP contribution in [0.2, 0.25) is 0 Å². The van der Waals surface area contributed by atoms with Crippen LogP contribution in [-0.2, 0) is 0 Å². The summed E-state index contributed by atoms with van der Waals surface area (Å²) >= 11 is 4.66. The van der Waals surface area contributed by atoms with Gasteiger partial charge in [0.15, 0.2) is 5.29 Å². The zero-order valence-electron chi connectivity index (χ0n) is 5.67. The quantitative estimate of drug-likeness (QED) is 0.521. The van der Waals surface area contributed by atoms with Crippen molar-refractivity contribution < 1.29 is 13.2 Å². The first kappa shape index (κ1) is 12.3. The van der Waals surface area contributed by atoms with E-state index in [1.807, 2.05) is 0 Å². The molecule has 60 valence electrons. The molecule has 0 aromatic rings. The second kappa shape index (κ2) is 8.56. The van der Waals surface area contributed by atoms with Crippen LogP contribution in [0.3, 0.4) is 0 Å². The highest BCUT2D eigenvalue weighted by molar-refractivity contribution is 6.28. The summed E-state index contributed by atoms with van der Waals surface area (Å²) in [6, 6.07) is 0. The highest BCUT2D eigenvalue weighted by Gasteiger charge is 1.74. The molecule has 0 atom stereocenters. The van der Waals surface area contributed by atoms with E-state index in [4.69, 9.17) is 0 Å². The van der Waals surface area contributed by atoms with E-state index in [1.165, 1.54) is 19.9 Å². The second-order valence-corrected chi connectivity index (χ2v) is 1.52. The molecule has 0 radical (unpaired) electrons. The van der Waals surface area contributed by atoms with Crippen LogP contribution in [0.25, 0.3) is 0 Å². The second-order valence-electron chi connectivity index (χ2n) is 1.16. The molecule has 0 amide bonds. The number of rotatable bonds is 0. The smallest absolute Gasteiger partial charge is 0.194 e. The maximum atomic E-state index is 11.1. The van der Waals surface area contributed by atoms with E-state index >= 15 is 0 Å². The molecule has 0 saturated heterocycles. The Hall–Kier alpha value is -0.440. The van der Waals surface area contributed by atoms with Gasteiger partial charge in [-0.15, -0.1) is 0 Å². The molecule has 0 nitrogen and oxygen atoms in total. The molecule has 0 aliphatic carbocycles. The predicted molar refractivity (Wildman–Crippen MR) is 36.7 cm³/mol. The van der Waals surface area contributed by atoms with E-state index in [0.29, 0.717) is 0 Å². The summed E-state index contributed by atoms with van der Waals surface area (Å²) < 4.78 is 32.3. The van der Waals surface area contributed by atoms with E-state index in [-0.39, 0.29) is 0 Å². The summed E-state index contributed by atoms with van der Waals surface area (Å²) in [5, 5.41) is -0.648. The van der Waals surface area contributed by atoms with E-state index < -0.39 is 11.4 Å². The van der Waals surface area contributed by atoms with Gasteiger partial charge < -0.3 is 0 Å². The summed E-state index contributed by atoms with van der Waals surface area (Å²) in [6.07, 6.45) is 0.312. The Bertz CT molecular complexity index is 105. The highest BCUT2D eigenvalue weighted by atomic mass is 35.5. The third-order valence-electron chi connectivity index (χ3n) is 0.436. The predicted octanol–water partition coefficient (Wildman–Crippen LogP) is 3.84. The summed E-state index contributed by atoms with van der Waals surface area (Å²) in [6.45, 7) is 2.82. The first-order valence-electron chi connectivity index (χ1n) is 2.49. The van der Waals surface area contributed by atoms with Crippen molar-refractivity contribution in [3.8, 4) is 0 Å². The Morgan fingerprint density at radius 3 is 1.30 bits per heavy atom. The van der Waals surface area contributed by atoms with Gasteiger partial charge in [0.2, 0.25) is 0 Å². The summed E-state index contributed by atoms with van der Waals surface area (Å²) in [5.41, 5.74) is 0. The zero-order chi connectivity index (χ0) is 8.57. The lowest BCUT2D eigenvalue weighted by atomic mass is 10.7. The Balaban J connectivity index is 0. The number of halogens is 4. The molecule has 0 aliphatic heterocycles. The maximum Gasteiger partial charge on any atom is 0.266 e. The third-order valence-corrected chi connectivity index (χ3v) is 0.655. The van der Waals surface area contributed by atoms with E-state index in [9.17, 15) is 13.2 Å². The monoisotopic (exact) mass is 172 g/mol. The summed E-state index contributed by atoms with van der Waals surface area (Å²) in [7, 11) is 0. The fourth-order valence-electron chi connectivity index (χ4n) is 0. The minimum Gasteiger partial charge on any atom is -0.194 e. The molecular formula is C6H8ClF3. The van der Waals surface area contributed by atoms with Gasteiger partial charge in [-0.05, 0) is 26.0 Å². The third kappa shape index (κ3) is 25.7. The van der Waals surface area contributed by atoms with Gasteiger partial charge in [0.25, 0.3) is 6.08 Å². The molecule has 0 heterocycles. The molecule has 0 unspecified atom stereocenters. The van der Waals surface area contributed by atoms with Crippen LogP contribution in [0.1, 0.15) is 13.8 Å². The highest BCUT2D eigenvalue weighted by Crippen LogP contribution is 1.97.